The second-order valence-electron chi connectivity index (χ2n) is 3.70. The van der Waals surface area contributed by atoms with Gasteiger partial charge in [-0.1, -0.05) is 13.3 Å². The van der Waals surface area contributed by atoms with Crippen LogP contribution in [0.25, 0.3) is 0 Å². The van der Waals surface area contributed by atoms with Gasteiger partial charge in [0.25, 0.3) is 0 Å². The van der Waals surface area contributed by atoms with Gasteiger partial charge in [-0.2, -0.15) is 5.26 Å². The maximum Gasteiger partial charge on any atom is 0.190 e. The van der Waals surface area contributed by atoms with Crippen LogP contribution in [0.1, 0.15) is 25.3 Å². The molecule has 0 fully saturated rings. The van der Waals surface area contributed by atoms with E-state index < -0.39 is 17.4 Å². The zero-order chi connectivity index (χ0) is 13.4. The molecule has 0 N–H and O–H groups in total. The van der Waals surface area contributed by atoms with Crippen LogP contribution in [0.3, 0.4) is 0 Å². The van der Waals surface area contributed by atoms with Gasteiger partial charge < -0.3 is 9.47 Å². The third-order valence-corrected chi connectivity index (χ3v) is 2.24. The Labute approximate surface area is 105 Å². The number of ether oxygens (including phenoxy) is 2. The molecule has 0 saturated carbocycles. The van der Waals surface area contributed by atoms with Crippen LogP contribution in [0.5, 0.6) is 5.75 Å². The second-order valence-corrected chi connectivity index (χ2v) is 3.70. The van der Waals surface area contributed by atoms with Crippen LogP contribution in [-0.2, 0) is 4.74 Å². The maximum absolute atomic E-state index is 13.4. The summed E-state index contributed by atoms with van der Waals surface area (Å²) in [6, 6.07) is 3.55. The van der Waals surface area contributed by atoms with Gasteiger partial charge in [0.15, 0.2) is 17.4 Å². The molecule has 0 saturated heterocycles. The third kappa shape index (κ3) is 4.30. The molecule has 5 heteroatoms. The quantitative estimate of drug-likeness (QED) is 0.703. The van der Waals surface area contributed by atoms with Gasteiger partial charge in [-0.05, 0) is 18.6 Å². The Morgan fingerprint density at radius 2 is 1.83 bits per heavy atom. The van der Waals surface area contributed by atoms with E-state index in [1.54, 1.807) is 6.07 Å². The molecule has 3 nitrogen and oxygen atoms in total. The fourth-order valence-electron chi connectivity index (χ4n) is 1.31. The van der Waals surface area contributed by atoms with E-state index in [0.29, 0.717) is 6.61 Å². The van der Waals surface area contributed by atoms with Crippen LogP contribution in [0.2, 0.25) is 0 Å². The third-order valence-electron chi connectivity index (χ3n) is 2.24. The monoisotopic (exact) mass is 255 g/mol. The lowest BCUT2D eigenvalue weighted by atomic mass is 10.2. The van der Waals surface area contributed by atoms with Crippen molar-refractivity contribution in [2.45, 2.75) is 19.8 Å². The first-order valence-corrected chi connectivity index (χ1v) is 5.78. The Morgan fingerprint density at radius 1 is 1.17 bits per heavy atom. The minimum Gasteiger partial charge on any atom is -0.485 e. The molecule has 0 unspecified atom stereocenters. The molecule has 0 atom stereocenters. The SMILES string of the molecule is CCCCOCCOc1c(F)cc(C#N)cc1F. The summed E-state index contributed by atoms with van der Waals surface area (Å²) in [5.74, 6) is -2.21. The van der Waals surface area contributed by atoms with E-state index in [2.05, 4.69) is 0 Å². The predicted octanol–water partition coefficient (Wildman–Crippen LogP) is 3.03. The van der Waals surface area contributed by atoms with Crippen molar-refractivity contribution in [1.82, 2.24) is 0 Å². The number of halogens is 2. The molecule has 18 heavy (non-hydrogen) atoms. The fourth-order valence-corrected chi connectivity index (χ4v) is 1.31. The van der Waals surface area contributed by atoms with Crippen molar-refractivity contribution < 1.29 is 18.3 Å². The van der Waals surface area contributed by atoms with E-state index in [1.165, 1.54) is 0 Å². The van der Waals surface area contributed by atoms with Crippen molar-refractivity contribution in [2.24, 2.45) is 0 Å². The second kappa shape index (κ2) is 7.62. The van der Waals surface area contributed by atoms with Crippen molar-refractivity contribution in [3.8, 4) is 11.8 Å². The highest BCUT2D eigenvalue weighted by molar-refractivity contribution is 5.37. The minimum absolute atomic E-state index is 0.0726. The summed E-state index contributed by atoms with van der Waals surface area (Å²) in [7, 11) is 0. The zero-order valence-corrected chi connectivity index (χ0v) is 10.2. The predicted molar refractivity (Wildman–Crippen MR) is 62.3 cm³/mol. The molecule has 1 aromatic carbocycles. The lowest BCUT2D eigenvalue weighted by Crippen LogP contribution is -2.09. The van der Waals surface area contributed by atoms with Gasteiger partial charge in [-0.15, -0.1) is 0 Å². The summed E-state index contributed by atoms with van der Waals surface area (Å²) >= 11 is 0. The number of nitrogens with zero attached hydrogens (tertiary/aromatic N) is 1. The molecule has 98 valence electrons. The van der Waals surface area contributed by atoms with Crippen molar-refractivity contribution in [2.75, 3.05) is 19.8 Å². The number of rotatable bonds is 7. The number of hydrogen-bond acceptors (Lipinski definition) is 3. The van der Waals surface area contributed by atoms with Crippen molar-refractivity contribution >= 4 is 0 Å². The smallest absolute Gasteiger partial charge is 0.190 e. The Balaban J connectivity index is 2.45. The summed E-state index contributed by atoms with van der Waals surface area (Å²) < 4.78 is 36.9. The van der Waals surface area contributed by atoms with Crippen LogP contribution in [-0.4, -0.2) is 19.8 Å². The fraction of sp³-hybridized carbons (Fsp3) is 0.462. The molecule has 0 aromatic heterocycles. The first-order chi connectivity index (χ1) is 8.69. The number of unbranched alkanes of at least 4 members (excludes halogenated alkanes) is 1. The van der Waals surface area contributed by atoms with Gasteiger partial charge in [-0.3, -0.25) is 0 Å². The molecule has 0 aliphatic carbocycles. The zero-order valence-electron chi connectivity index (χ0n) is 10.2. The van der Waals surface area contributed by atoms with Gasteiger partial charge >= 0.3 is 0 Å². The molecule has 0 radical (unpaired) electrons. The average molecular weight is 255 g/mol. The highest BCUT2D eigenvalue weighted by atomic mass is 19.1. The van der Waals surface area contributed by atoms with Crippen molar-refractivity contribution in [3.05, 3.63) is 29.3 Å². The average Bonchev–Trinajstić information content (AvgIpc) is 2.35. The first-order valence-electron chi connectivity index (χ1n) is 5.78. The van der Waals surface area contributed by atoms with Crippen molar-refractivity contribution in [3.63, 3.8) is 0 Å². The lowest BCUT2D eigenvalue weighted by molar-refractivity contribution is 0.0951. The molecular weight excluding hydrogens is 240 g/mol. The molecule has 1 rings (SSSR count). The van der Waals surface area contributed by atoms with Crippen LogP contribution < -0.4 is 4.74 Å². The molecule has 0 aliphatic heterocycles. The Hall–Kier alpha value is -1.67. The number of benzene rings is 1. The van der Waals surface area contributed by atoms with Crippen LogP contribution >= 0.6 is 0 Å². The topological polar surface area (TPSA) is 42.2 Å². The van der Waals surface area contributed by atoms with E-state index in [9.17, 15) is 8.78 Å². The molecule has 0 bridgehead atoms. The number of hydrogen-bond donors (Lipinski definition) is 0. The van der Waals surface area contributed by atoms with Gasteiger partial charge in [0, 0.05) is 6.61 Å². The first kappa shape index (κ1) is 14.4. The number of nitriles is 1. The van der Waals surface area contributed by atoms with Gasteiger partial charge in [0.1, 0.15) is 6.61 Å². The summed E-state index contributed by atoms with van der Waals surface area (Å²) in [6.07, 6.45) is 1.97. The summed E-state index contributed by atoms with van der Waals surface area (Å²) in [5.41, 5.74) is -0.0726. The molecule has 0 heterocycles. The molecular formula is C13H15F2NO2. The summed E-state index contributed by atoms with van der Waals surface area (Å²) in [5, 5.41) is 8.53. The van der Waals surface area contributed by atoms with E-state index in [1.807, 2.05) is 6.92 Å². The van der Waals surface area contributed by atoms with E-state index in [-0.39, 0.29) is 18.8 Å². The van der Waals surface area contributed by atoms with E-state index >= 15 is 0 Å². The van der Waals surface area contributed by atoms with Gasteiger partial charge in [0.2, 0.25) is 0 Å². The van der Waals surface area contributed by atoms with Gasteiger partial charge in [0.05, 0.1) is 18.2 Å². The van der Waals surface area contributed by atoms with E-state index in [0.717, 1.165) is 25.0 Å². The van der Waals surface area contributed by atoms with Crippen LogP contribution in [0.4, 0.5) is 8.78 Å². The van der Waals surface area contributed by atoms with Crippen LogP contribution in [0, 0.1) is 23.0 Å². The van der Waals surface area contributed by atoms with Gasteiger partial charge in [-0.25, -0.2) is 8.78 Å². The Kier molecular flexibility index (Phi) is 6.09. The van der Waals surface area contributed by atoms with Crippen LogP contribution in [0.15, 0.2) is 12.1 Å². The highest BCUT2D eigenvalue weighted by Gasteiger charge is 2.12. The minimum atomic E-state index is -0.875. The normalized spacial score (nSPS) is 10.1. The summed E-state index contributed by atoms with van der Waals surface area (Å²) in [6.45, 7) is 3.00. The highest BCUT2D eigenvalue weighted by Crippen LogP contribution is 2.22. The standard InChI is InChI=1S/C13H15F2NO2/c1-2-3-4-17-5-6-18-13-11(14)7-10(9-16)8-12(13)15/h7-8H,2-6H2,1H3. The van der Waals surface area contributed by atoms with E-state index in [4.69, 9.17) is 14.7 Å². The molecule has 0 aliphatic rings. The lowest BCUT2D eigenvalue weighted by Gasteiger charge is -2.09. The Morgan fingerprint density at radius 3 is 2.39 bits per heavy atom. The molecule has 1 aromatic rings. The van der Waals surface area contributed by atoms with Crippen molar-refractivity contribution in [1.29, 1.82) is 5.26 Å². The Bertz CT molecular complexity index is 406. The maximum atomic E-state index is 13.4. The summed E-state index contributed by atoms with van der Waals surface area (Å²) in [4.78, 5) is 0. The molecule has 0 amide bonds. The largest absolute Gasteiger partial charge is 0.485 e. The molecule has 0 spiro atoms.